The van der Waals surface area contributed by atoms with E-state index in [-0.39, 0.29) is 5.75 Å². The Kier molecular flexibility index (Phi) is 3.05. The van der Waals surface area contributed by atoms with Crippen LogP contribution in [0.5, 0.6) is 5.75 Å². The minimum atomic E-state index is -2.81. The summed E-state index contributed by atoms with van der Waals surface area (Å²) in [5.74, 6) is 0.118. The molecule has 2 nitrogen and oxygen atoms in total. The minimum absolute atomic E-state index is 0.118. The fourth-order valence-electron chi connectivity index (χ4n) is 1.52. The van der Waals surface area contributed by atoms with Gasteiger partial charge < -0.3 is 4.74 Å². The lowest BCUT2D eigenvalue weighted by Crippen LogP contribution is -2.01. The van der Waals surface area contributed by atoms with Crippen molar-refractivity contribution in [3.05, 3.63) is 34.4 Å². The summed E-state index contributed by atoms with van der Waals surface area (Å²) in [6, 6.07) is 6.61. The van der Waals surface area contributed by atoms with Gasteiger partial charge in [0.15, 0.2) is 0 Å². The maximum absolute atomic E-state index is 12.0. The van der Waals surface area contributed by atoms with Crippen molar-refractivity contribution in [2.24, 2.45) is 0 Å². The predicted octanol–water partition coefficient (Wildman–Crippen LogP) is 3.91. The smallest absolute Gasteiger partial charge is 0.387 e. The first-order valence-electron chi connectivity index (χ1n) is 4.58. The summed E-state index contributed by atoms with van der Waals surface area (Å²) in [6.45, 7) is -0.881. The number of halogens is 3. The van der Waals surface area contributed by atoms with Crippen molar-refractivity contribution >= 4 is 26.8 Å². The van der Waals surface area contributed by atoms with Crippen molar-refractivity contribution in [2.45, 2.75) is 13.5 Å². The van der Waals surface area contributed by atoms with E-state index in [0.717, 1.165) is 10.9 Å². The highest BCUT2D eigenvalue weighted by atomic mass is 79.9. The van der Waals surface area contributed by atoms with Crippen molar-refractivity contribution < 1.29 is 13.5 Å². The van der Waals surface area contributed by atoms with E-state index in [2.05, 4.69) is 25.7 Å². The summed E-state index contributed by atoms with van der Waals surface area (Å²) in [5.41, 5.74) is 1.66. The van der Waals surface area contributed by atoms with Gasteiger partial charge in [0.25, 0.3) is 0 Å². The first-order valence-corrected chi connectivity index (χ1v) is 5.37. The van der Waals surface area contributed by atoms with Crippen LogP contribution in [-0.4, -0.2) is 11.6 Å². The summed E-state index contributed by atoms with van der Waals surface area (Å²) in [7, 11) is 0. The molecule has 0 aliphatic heterocycles. The largest absolute Gasteiger partial charge is 0.435 e. The zero-order chi connectivity index (χ0) is 11.7. The quantitative estimate of drug-likeness (QED) is 0.782. The number of alkyl halides is 2. The van der Waals surface area contributed by atoms with Crippen LogP contribution in [0.25, 0.3) is 10.9 Å². The van der Waals surface area contributed by atoms with E-state index < -0.39 is 6.61 Å². The Morgan fingerprint density at radius 2 is 2.06 bits per heavy atom. The minimum Gasteiger partial charge on any atom is -0.435 e. The highest BCUT2D eigenvalue weighted by Crippen LogP contribution is 2.25. The van der Waals surface area contributed by atoms with Gasteiger partial charge in [-0.2, -0.15) is 8.78 Å². The number of rotatable bonds is 2. The second-order valence-electron chi connectivity index (χ2n) is 3.32. The lowest BCUT2D eigenvalue weighted by Gasteiger charge is -2.07. The molecule has 0 unspecified atom stereocenters. The molecular formula is C11H8BrF2NO. The van der Waals surface area contributed by atoms with Crippen molar-refractivity contribution in [3.8, 4) is 5.75 Å². The van der Waals surface area contributed by atoms with E-state index >= 15 is 0 Å². The van der Waals surface area contributed by atoms with Gasteiger partial charge >= 0.3 is 6.61 Å². The van der Waals surface area contributed by atoms with E-state index in [1.54, 1.807) is 6.07 Å². The van der Waals surface area contributed by atoms with Gasteiger partial charge in [-0.3, -0.25) is 0 Å². The molecule has 84 valence electrons. The molecule has 0 saturated carbocycles. The lowest BCUT2D eigenvalue weighted by molar-refractivity contribution is -0.0497. The van der Waals surface area contributed by atoms with E-state index in [1.807, 2.05) is 13.0 Å². The second-order valence-corrected chi connectivity index (χ2v) is 4.13. The number of benzene rings is 1. The Balaban J connectivity index is 2.53. The van der Waals surface area contributed by atoms with E-state index in [1.165, 1.54) is 12.1 Å². The maximum Gasteiger partial charge on any atom is 0.387 e. The van der Waals surface area contributed by atoms with Gasteiger partial charge in [0.1, 0.15) is 10.4 Å². The van der Waals surface area contributed by atoms with Gasteiger partial charge in [0, 0.05) is 11.5 Å². The SMILES string of the molecule is Cc1cc(Br)nc2cc(OC(F)F)ccc12. The fourth-order valence-corrected chi connectivity index (χ4v) is 2.05. The van der Waals surface area contributed by atoms with Crippen molar-refractivity contribution in [1.29, 1.82) is 0 Å². The first kappa shape index (κ1) is 11.3. The first-order chi connectivity index (χ1) is 7.56. The summed E-state index contributed by atoms with van der Waals surface area (Å²) in [6.07, 6.45) is 0. The van der Waals surface area contributed by atoms with Crippen LogP contribution in [0.3, 0.4) is 0 Å². The molecule has 0 bridgehead atoms. The normalized spacial score (nSPS) is 11.1. The van der Waals surface area contributed by atoms with E-state index in [4.69, 9.17) is 0 Å². The Morgan fingerprint density at radius 1 is 1.31 bits per heavy atom. The van der Waals surface area contributed by atoms with Gasteiger partial charge in [-0.25, -0.2) is 4.98 Å². The van der Waals surface area contributed by atoms with Crippen LogP contribution >= 0.6 is 15.9 Å². The number of hydrogen-bond acceptors (Lipinski definition) is 2. The Bertz CT molecular complexity index is 531. The van der Waals surface area contributed by atoms with Crippen LogP contribution in [0.4, 0.5) is 8.78 Å². The number of pyridine rings is 1. The van der Waals surface area contributed by atoms with E-state index in [0.29, 0.717) is 10.1 Å². The summed E-state index contributed by atoms with van der Waals surface area (Å²) in [5, 5.41) is 0.921. The average Bonchev–Trinajstić information content (AvgIpc) is 2.15. The molecule has 2 rings (SSSR count). The Labute approximate surface area is 99.4 Å². The molecule has 1 aromatic carbocycles. The highest BCUT2D eigenvalue weighted by molar-refractivity contribution is 9.10. The number of aryl methyl sites for hydroxylation is 1. The summed E-state index contributed by atoms with van der Waals surface area (Å²) < 4.78 is 29.0. The lowest BCUT2D eigenvalue weighted by atomic mass is 10.1. The number of nitrogens with zero attached hydrogens (tertiary/aromatic N) is 1. The third kappa shape index (κ3) is 2.29. The van der Waals surface area contributed by atoms with Crippen molar-refractivity contribution in [2.75, 3.05) is 0 Å². The third-order valence-corrected chi connectivity index (χ3v) is 2.59. The number of fused-ring (bicyclic) bond motifs is 1. The zero-order valence-electron chi connectivity index (χ0n) is 8.38. The molecule has 16 heavy (non-hydrogen) atoms. The average molecular weight is 288 g/mol. The molecule has 5 heteroatoms. The predicted molar refractivity (Wildman–Crippen MR) is 60.8 cm³/mol. The maximum atomic E-state index is 12.0. The van der Waals surface area contributed by atoms with Crippen LogP contribution < -0.4 is 4.74 Å². The van der Waals surface area contributed by atoms with Gasteiger partial charge in [-0.1, -0.05) is 0 Å². The van der Waals surface area contributed by atoms with E-state index in [9.17, 15) is 8.78 Å². The zero-order valence-corrected chi connectivity index (χ0v) is 9.96. The van der Waals surface area contributed by atoms with Gasteiger partial charge in [-0.15, -0.1) is 0 Å². The summed E-state index contributed by atoms with van der Waals surface area (Å²) in [4.78, 5) is 4.20. The molecule has 2 aromatic rings. The molecule has 0 fully saturated rings. The molecule has 0 saturated heterocycles. The molecule has 0 spiro atoms. The molecule has 1 heterocycles. The van der Waals surface area contributed by atoms with Crippen LogP contribution in [0.15, 0.2) is 28.9 Å². The molecule has 1 aromatic heterocycles. The summed E-state index contributed by atoms with van der Waals surface area (Å²) >= 11 is 3.26. The second kappa shape index (κ2) is 4.33. The number of aromatic nitrogens is 1. The topological polar surface area (TPSA) is 22.1 Å². The molecule has 0 aliphatic rings. The van der Waals surface area contributed by atoms with Crippen LogP contribution in [0, 0.1) is 6.92 Å². The number of hydrogen-bond donors (Lipinski definition) is 0. The third-order valence-electron chi connectivity index (χ3n) is 2.18. The monoisotopic (exact) mass is 287 g/mol. The van der Waals surface area contributed by atoms with Crippen molar-refractivity contribution in [3.63, 3.8) is 0 Å². The Morgan fingerprint density at radius 3 is 2.75 bits per heavy atom. The molecule has 0 radical (unpaired) electrons. The molecule has 0 amide bonds. The van der Waals surface area contributed by atoms with Gasteiger partial charge in [0.2, 0.25) is 0 Å². The highest BCUT2D eigenvalue weighted by Gasteiger charge is 2.07. The molecular weight excluding hydrogens is 280 g/mol. The fraction of sp³-hybridized carbons (Fsp3) is 0.182. The Hall–Kier alpha value is -1.23. The van der Waals surface area contributed by atoms with Gasteiger partial charge in [0.05, 0.1) is 5.52 Å². The van der Waals surface area contributed by atoms with Crippen LogP contribution in [0.1, 0.15) is 5.56 Å². The molecule has 0 N–H and O–H groups in total. The molecule has 0 atom stereocenters. The molecule has 0 aliphatic carbocycles. The number of ether oxygens (including phenoxy) is 1. The van der Waals surface area contributed by atoms with Crippen LogP contribution in [0.2, 0.25) is 0 Å². The van der Waals surface area contributed by atoms with Crippen molar-refractivity contribution in [1.82, 2.24) is 4.98 Å². The van der Waals surface area contributed by atoms with Gasteiger partial charge in [-0.05, 0) is 46.6 Å². The standard InChI is InChI=1S/C11H8BrF2NO/c1-6-4-10(12)15-9-5-7(16-11(13)14)2-3-8(6)9/h2-5,11H,1H3. The van der Waals surface area contributed by atoms with Crippen LogP contribution in [-0.2, 0) is 0 Å².